The van der Waals surface area contributed by atoms with E-state index in [1.54, 1.807) is 54.6 Å². The molecule has 4 aromatic carbocycles. The number of rotatable bonds is 10. The van der Waals surface area contributed by atoms with Crippen LogP contribution in [0.15, 0.2) is 107 Å². The summed E-state index contributed by atoms with van der Waals surface area (Å²) in [5.41, 5.74) is 6.49. The van der Waals surface area contributed by atoms with Crippen molar-refractivity contribution in [3.63, 3.8) is 0 Å². The van der Waals surface area contributed by atoms with Crippen LogP contribution in [0.3, 0.4) is 0 Å². The van der Waals surface area contributed by atoms with Crippen LogP contribution in [0.25, 0.3) is 0 Å². The van der Waals surface area contributed by atoms with Crippen LogP contribution in [0.5, 0.6) is 5.75 Å². The van der Waals surface area contributed by atoms with Crippen LogP contribution >= 0.6 is 11.6 Å². The number of hydrogen-bond donors (Lipinski definition) is 1. The van der Waals surface area contributed by atoms with E-state index in [-0.39, 0.29) is 4.90 Å². The number of carbonyl (C=O) groups is 1. The van der Waals surface area contributed by atoms with Crippen LogP contribution in [0.4, 0.5) is 5.69 Å². The lowest BCUT2D eigenvalue weighted by atomic mass is 10.1. The maximum absolute atomic E-state index is 13.4. The minimum absolute atomic E-state index is 0.0953. The lowest BCUT2D eigenvalue weighted by Crippen LogP contribution is -2.39. The molecule has 0 saturated carbocycles. The molecule has 0 spiro atoms. The molecule has 0 radical (unpaired) electrons. The summed E-state index contributed by atoms with van der Waals surface area (Å²) in [5.74, 6) is 0.105. The molecule has 0 aliphatic heterocycles. The number of hydrogen-bond acceptors (Lipinski definition) is 5. The molecule has 9 heteroatoms. The van der Waals surface area contributed by atoms with Gasteiger partial charge in [-0.1, -0.05) is 48.0 Å². The van der Waals surface area contributed by atoms with Gasteiger partial charge in [-0.25, -0.2) is 13.8 Å². The van der Waals surface area contributed by atoms with Gasteiger partial charge in [0.2, 0.25) is 0 Å². The van der Waals surface area contributed by atoms with Crippen molar-refractivity contribution in [3.05, 3.63) is 124 Å². The number of sulfonamides is 1. The highest BCUT2D eigenvalue weighted by molar-refractivity contribution is 7.92. The number of halogens is 1. The summed E-state index contributed by atoms with van der Waals surface area (Å²) in [5, 5.41) is 4.68. The number of amides is 1. The number of nitrogens with one attached hydrogen (secondary N) is 1. The highest BCUT2D eigenvalue weighted by Crippen LogP contribution is 2.25. The summed E-state index contributed by atoms with van der Waals surface area (Å²) < 4.78 is 33.7. The summed E-state index contributed by atoms with van der Waals surface area (Å²) in [6, 6.07) is 27.9. The van der Waals surface area contributed by atoms with Gasteiger partial charge in [-0.3, -0.25) is 9.10 Å². The maximum atomic E-state index is 13.4. The van der Waals surface area contributed by atoms with Gasteiger partial charge in [0.15, 0.2) is 0 Å². The van der Waals surface area contributed by atoms with Gasteiger partial charge in [0, 0.05) is 5.02 Å². The van der Waals surface area contributed by atoms with Gasteiger partial charge < -0.3 is 4.74 Å². The van der Waals surface area contributed by atoms with E-state index in [1.807, 2.05) is 44.2 Å². The lowest BCUT2D eigenvalue weighted by Gasteiger charge is -2.24. The first-order valence-electron chi connectivity index (χ1n) is 12.2. The zero-order chi connectivity index (χ0) is 27.8. The summed E-state index contributed by atoms with van der Waals surface area (Å²) in [4.78, 5) is 12.9. The molecule has 0 saturated heterocycles. The van der Waals surface area contributed by atoms with Gasteiger partial charge >= 0.3 is 0 Å². The molecule has 0 fully saturated rings. The second-order valence-electron chi connectivity index (χ2n) is 8.87. The Hall–Kier alpha value is -4.14. The summed E-state index contributed by atoms with van der Waals surface area (Å²) in [6.07, 6.45) is 1.48. The van der Waals surface area contributed by atoms with E-state index in [9.17, 15) is 13.2 Å². The molecule has 1 amide bonds. The molecule has 0 aliphatic rings. The highest BCUT2D eigenvalue weighted by Gasteiger charge is 2.27. The van der Waals surface area contributed by atoms with Crippen LogP contribution in [0, 0.1) is 13.8 Å². The molecule has 0 bridgehead atoms. The SMILES string of the molecule is Cc1ccc(N(CC(=O)N/N=C\c2ccc(OCc3ccc(Cl)cc3)cc2)S(=O)(=O)c2ccccc2)cc1C. The number of ether oxygens (including phenoxy) is 1. The summed E-state index contributed by atoms with van der Waals surface area (Å²) in [6.45, 7) is 3.80. The Morgan fingerprint density at radius 1 is 0.923 bits per heavy atom. The topological polar surface area (TPSA) is 88.1 Å². The second kappa shape index (κ2) is 12.6. The minimum atomic E-state index is -3.99. The van der Waals surface area contributed by atoms with Crippen LogP contribution < -0.4 is 14.5 Å². The molecule has 0 aliphatic carbocycles. The average Bonchev–Trinajstić information content (AvgIpc) is 2.94. The number of hydrazone groups is 1. The fourth-order valence-electron chi connectivity index (χ4n) is 3.66. The third kappa shape index (κ3) is 7.46. The molecular weight excluding hydrogens is 534 g/mol. The standard InChI is InChI=1S/C30H28ClN3O4S/c1-22-8-15-27(18-23(22)2)34(39(36,37)29-6-4-3-5-7-29)20-30(35)33-32-19-24-11-16-28(17-12-24)38-21-25-9-13-26(31)14-10-25/h3-19H,20-21H2,1-2H3,(H,33,35)/b32-19-. The van der Waals surface area contributed by atoms with Crippen molar-refractivity contribution >= 4 is 39.4 Å². The Kier molecular flexibility index (Phi) is 9.01. The van der Waals surface area contributed by atoms with Crippen molar-refractivity contribution in [2.75, 3.05) is 10.8 Å². The smallest absolute Gasteiger partial charge is 0.264 e. The Morgan fingerprint density at radius 3 is 2.28 bits per heavy atom. The normalized spacial score (nSPS) is 11.4. The van der Waals surface area contributed by atoms with Crippen molar-refractivity contribution in [2.45, 2.75) is 25.3 Å². The predicted molar refractivity (Wildman–Crippen MR) is 155 cm³/mol. The van der Waals surface area contributed by atoms with E-state index in [1.165, 1.54) is 18.3 Å². The zero-order valence-electron chi connectivity index (χ0n) is 21.5. The third-order valence-corrected chi connectivity index (χ3v) is 8.04. The first-order chi connectivity index (χ1) is 18.7. The van der Waals surface area contributed by atoms with Gasteiger partial charge in [-0.05, 0) is 96.8 Å². The number of carbonyl (C=O) groups excluding carboxylic acids is 1. The van der Waals surface area contributed by atoms with Crippen molar-refractivity contribution < 1.29 is 17.9 Å². The number of benzene rings is 4. The van der Waals surface area contributed by atoms with Gasteiger partial charge in [0.25, 0.3) is 15.9 Å². The van der Waals surface area contributed by atoms with E-state index in [0.29, 0.717) is 23.1 Å². The van der Waals surface area contributed by atoms with Gasteiger partial charge in [0.05, 0.1) is 16.8 Å². The number of aryl methyl sites for hydroxylation is 2. The van der Waals surface area contributed by atoms with Crippen LogP contribution in [-0.2, 0) is 21.4 Å². The van der Waals surface area contributed by atoms with Crippen molar-refractivity contribution in [1.82, 2.24) is 5.43 Å². The van der Waals surface area contributed by atoms with Gasteiger partial charge in [-0.2, -0.15) is 5.10 Å². The van der Waals surface area contributed by atoms with Crippen LogP contribution in [0.1, 0.15) is 22.3 Å². The molecule has 1 N–H and O–H groups in total. The van der Waals surface area contributed by atoms with E-state index in [4.69, 9.17) is 16.3 Å². The van der Waals surface area contributed by atoms with E-state index in [0.717, 1.165) is 26.6 Å². The molecule has 0 aromatic heterocycles. The summed E-state index contributed by atoms with van der Waals surface area (Å²) in [7, 11) is -3.99. The first-order valence-corrected chi connectivity index (χ1v) is 14.0. The Labute approximate surface area is 233 Å². The third-order valence-electron chi connectivity index (χ3n) is 6.00. The van der Waals surface area contributed by atoms with Crippen molar-refractivity contribution in [1.29, 1.82) is 0 Å². The molecule has 4 rings (SSSR count). The van der Waals surface area contributed by atoms with E-state index >= 15 is 0 Å². The largest absolute Gasteiger partial charge is 0.489 e. The lowest BCUT2D eigenvalue weighted by molar-refractivity contribution is -0.119. The Morgan fingerprint density at radius 2 is 1.62 bits per heavy atom. The quantitative estimate of drug-likeness (QED) is 0.193. The fourth-order valence-corrected chi connectivity index (χ4v) is 5.22. The minimum Gasteiger partial charge on any atom is -0.489 e. The van der Waals surface area contributed by atoms with Crippen molar-refractivity contribution in [3.8, 4) is 5.75 Å². The van der Waals surface area contributed by atoms with Gasteiger partial charge in [-0.15, -0.1) is 0 Å². The molecule has 0 unspecified atom stereocenters. The van der Waals surface area contributed by atoms with E-state index < -0.39 is 22.5 Å². The highest BCUT2D eigenvalue weighted by atomic mass is 35.5. The molecule has 0 heterocycles. The maximum Gasteiger partial charge on any atom is 0.264 e. The molecule has 4 aromatic rings. The molecular formula is C30H28ClN3O4S. The number of nitrogens with zero attached hydrogens (tertiary/aromatic N) is 2. The summed E-state index contributed by atoms with van der Waals surface area (Å²) >= 11 is 5.91. The molecule has 39 heavy (non-hydrogen) atoms. The monoisotopic (exact) mass is 561 g/mol. The Bertz CT molecular complexity index is 1560. The average molecular weight is 562 g/mol. The Balaban J connectivity index is 1.41. The number of anilines is 1. The molecule has 0 atom stereocenters. The van der Waals surface area contributed by atoms with E-state index in [2.05, 4.69) is 10.5 Å². The van der Waals surface area contributed by atoms with Crippen LogP contribution in [0.2, 0.25) is 5.02 Å². The van der Waals surface area contributed by atoms with Crippen LogP contribution in [-0.4, -0.2) is 27.1 Å². The van der Waals surface area contributed by atoms with Gasteiger partial charge in [0.1, 0.15) is 18.9 Å². The first kappa shape index (κ1) is 27.9. The molecule has 200 valence electrons. The zero-order valence-corrected chi connectivity index (χ0v) is 23.1. The molecule has 7 nitrogen and oxygen atoms in total. The fraction of sp³-hybridized carbons (Fsp3) is 0.133. The van der Waals surface area contributed by atoms with Crippen molar-refractivity contribution in [2.24, 2.45) is 5.10 Å². The second-order valence-corrected chi connectivity index (χ2v) is 11.2. The predicted octanol–water partition coefficient (Wildman–Crippen LogP) is 5.88.